The minimum Gasteiger partial charge on any atom is -0.396 e. The standard InChI is InChI=1S/C15H25NOS/c1-12(2)10-16-11-14-5-6-15(13(3)9-14)18-8-4-7-17/h5-6,9,12,16-17H,4,7-8,10-11H2,1-3H3. The van der Waals surface area contributed by atoms with Crippen LogP contribution >= 0.6 is 11.8 Å². The number of hydrogen-bond donors (Lipinski definition) is 2. The third-order valence-electron chi connectivity index (χ3n) is 2.68. The number of aliphatic hydroxyl groups excluding tert-OH is 1. The first-order valence-electron chi connectivity index (χ1n) is 6.67. The van der Waals surface area contributed by atoms with Crippen LogP contribution in [0.4, 0.5) is 0 Å². The summed E-state index contributed by atoms with van der Waals surface area (Å²) in [6, 6.07) is 6.65. The lowest BCUT2D eigenvalue weighted by Gasteiger charge is -2.10. The van der Waals surface area contributed by atoms with E-state index < -0.39 is 0 Å². The lowest BCUT2D eigenvalue weighted by Crippen LogP contribution is -2.18. The Balaban J connectivity index is 2.45. The minimum absolute atomic E-state index is 0.281. The second kappa shape index (κ2) is 8.57. The fourth-order valence-electron chi connectivity index (χ4n) is 1.74. The largest absolute Gasteiger partial charge is 0.396 e. The summed E-state index contributed by atoms with van der Waals surface area (Å²) < 4.78 is 0. The smallest absolute Gasteiger partial charge is 0.0439 e. The molecular formula is C15H25NOS. The summed E-state index contributed by atoms with van der Waals surface area (Å²) >= 11 is 1.83. The topological polar surface area (TPSA) is 32.3 Å². The average Bonchev–Trinajstić information content (AvgIpc) is 2.31. The van der Waals surface area contributed by atoms with E-state index in [9.17, 15) is 0 Å². The summed E-state index contributed by atoms with van der Waals surface area (Å²) in [6.45, 7) is 8.89. The molecule has 1 aromatic carbocycles. The van der Waals surface area contributed by atoms with Gasteiger partial charge >= 0.3 is 0 Å². The summed E-state index contributed by atoms with van der Waals surface area (Å²) in [6.07, 6.45) is 0.863. The van der Waals surface area contributed by atoms with Crippen LogP contribution in [-0.2, 0) is 6.54 Å². The van der Waals surface area contributed by atoms with Gasteiger partial charge in [-0.1, -0.05) is 26.0 Å². The first-order valence-corrected chi connectivity index (χ1v) is 7.66. The van der Waals surface area contributed by atoms with Crippen molar-refractivity contribution in [3.05, 3.63) is 29.3 Å². The zero-order valence-electron chi connectivity index (χ0n) is 11.7. The van der Waals surface area contributed by atoms with Gasteiger partial charge in [0.25, 0.3) is 0 Å². The second-order valence-corrected chi connectivity index (χ2v) is 6.19. The molecule has 102 valence electrons. The lowest BCUT2D eigenvalue weighted by atomic mass is 10.1. The Morgan fingerprint density at radius 2 is 2.11 bits per heavy atom. The van der Waals surface area contributed by atoms with Gasteiger partial charge in [0.05, 0.1) is 0 Å². The van der Waals surface area contributed by atoms with Crippen LogP contribution < -0.4 is 5.32 Å². The number of hydrogen-bond acceptors (Lipinski definition) is 3. The number of aliphatic hydroxyl groups is 1. The molecule has 0 unspecified atom stereocenters. The van der Waals surface area contributed by atoms with Gasteiger partial charge < -0.3 is 10.4 Å². The number of rotatable bonds is 8. The molecule has 0 aromatic heterocycles. The summed E-state index contributed by atoms with van der Waals surface area (Å²) in [5.74, 6) is 1.68. The van der Waals surface area contributed by atoms with Crippen molar-refractivity contribution in [1.29, 1.82) is 0 Å². The summed E-state index contributed by atoms with van der Waals surface area (Å²) in [5, 5.41) is 12.2. The SMILES string of the molecule is Cc1cc(CNCC(C)C)ccc1SCCCO. The molecule has 0 spiro atoms. The van der Waals surface area contributed by atoms with Gasteiger partial charge in [-0.05, 0) is 43.0 Å². The maximum atomic E-state index is 8.78. The molecule has 0 aliphatic rings. The van der Waals surface area contributed by atoms with E-state index in [0.29, 0.717) is 5.92 Å². The Hall–Kier alpha value is -0.510. The van der Waals surface area contributed by atoms with Gasteiger partial charge in [0.2, 0.25) is 0 Å². The van der Waals surface area contributed by atoms with Crippen LogP contribution in [0.1, 0.15) is 31.4 Å². The Morgan fingerprint density at radius 3 is 2.72 bits per heavy atom. The van der Waals surface area contributed by atoms with E-state index in [2.05, 4.69) is 44.3 Å². The normalized spacial score (nSPS) is 11.2. The maximum Gasteiger partial charge on any atom is 0.0439 e. The third-order valence-corrected chi connectivity index (χ3v) is 3.94. The highest BCUT2D eigenvalue weighted by molar-refractivity contribution is 7.99. The molecule has 3 heteroatoms. The molecular weight excluding hydrogens is 242 g/mol. The van der Waals surface area contributed by atoms with Crippen LogP contribution in [0.2, 0.25) is 0 Å². The molecule has 1 aromatic rings. The Kier molecular flexibility index (Phi) is 7.40. The molecule has 2 N–H and O–H groups in total. The van der Waals surface area contributed by atoms with Crippen LogP contribution in [0.3, 0.4) is 0 Å². The first-order chi connectivity index (χ1) is 8.63. The fraction of sp³-hybridized carbons (Fsp3) is 0.600. The van der Waals surface area contributed by atoms with Gasteiger partial charge in [-0.25, -0.2) is 0 Å². The van der Waals surface area contributed by atoms with Crippen LogP contribution in [0.25, 0.3) is 0 Å². The van der Waals surface area contributed by atoms with E-state index in [1.807, 2.05) is 11.8 Å². The third kappa shape index (κ3) is 5.89. The summed E-state index contributed by atoms with van der Waals surface area (Å²) in [7, 11) is 0. The molecule has 0 saturated carbocycles. The molecule has 2 nitrogen and oxygen atoms in total. The number of aryl methyl sites for hydroxylation is 1. The zero-order chi connectivity index (χ0) is 13.4. The van der Waals surface area contributed by atoms with Crippen LogP contribution in [0.5, 0.6) is 0 Å². The van der Waals surface area contributed by atoms with Crippen LogP contribution in [0.15, 0.2) is 23.1 Å². The van der Waals surface area contributed by atoms with Crippen molar-refractivity contribution in [3.63, 3.8) is 0 Å². The molecule has 0 heterocycles. The molecule has 1 rings (SSSR count). The van der Waals surface area contributed by atoms with E-state index in [1.54, 1.807) is 0 Å². The fourth-order valence-corrected chi connectivity index (χ4v) is 2.68. The molecule has 0 radical (unpaired) electrons. The quantitative estimate of drug-likeness (QED) is 0.560. The molecule has 0 aliphatic heterocycles. The van der Waals surface area contributed by atoms with Crippen molar-refractivity contribution in [2.24, 2.45) is 5.92 Å². The number of benzene rings is 1. The number of thioether (sulfide) groups is 1. The van der Waals surface area contributed by atoms with Gasteiger partial charge in [0.15, 0.2) is 0 Å². The Labute approximate surface area is 115 Å². The maximum absolute atomic E-state index is 8.78. The van der Waals surface area contributed by atoms with E-state index >= 15 is 0 Å². The van der Waals surface area contributed by atoms with Crippen LogP contribution in [0, 0.1) is 12.8 Å². The van der Waals surface area contributed by atoms with Crippen molar-refractivity contribution < 1.29 is 5.11 Å². The minimum atomic E-state index is 0.281. The predicted octanol–water partition coefficient (Wildman–Crippen LogP) is 3.22. The molecule has 0 aliphatic carbocycles. The monoisotopic (exact) mass is 267 g/mol. The van der Waals surface area contributed by atoms with Crippen molar-refractivity contribution in [3.8, 4) is 0 Å². The second-order valence-electron chi connectivity index (χ2n) is 5.05. The lowest BCUT2D eigenvalue weighted by molar-refractivity contribution is 0.296. The summed E-state index contributed by atoms with van der Waals surface area (Å²) in [5.41, 5.74) is 2.68. The molecule has 0 saturated heterocycles. The van der Waals surface area contributed by atoms with Gasteiger partial charge in [0, 0.05) is 23.8 Å². The van der Waals surface area contributed by atoms with E-state index in [-0.39, 0.29) is 6.61 Å². The summed E-state index contributed by atoms with van der Waals surface area (Å²) in [4.78, 5) is 1.33. The molecule has 0 fully saturated rings. The molecule has 0 amide bonds. The average molecular weight is 267 g/mol. The van der Waals surface area contributed by atoms with Gasteiger partial charge in [-0.3, -0.25) is 0 Å². The highest BCUT2D eigenvalue weighted by Gasteiger charge is 2.01. The van der Waals surface area contributed by atoms with E-state index in [0.717, 1.165) is 25.3 Å². The first kappa shape index (κ1) is 15.5. The predicted molar refractivity (Wildman–Crippen MR) is 80.2 cm³/mol. The highest BCUT2D eigenvalue weighted by atomic mass is 32.2. The Morgan fingerprint density at radius 1 is 1.33 bits per heavy atom. The molecule has 0 bridgehead atoms. The van der Waals surface area contributed by atoms with Crippen molar-refractivity contribution in [2.45, 2.75) is 38.6 Å². The van der Waals surface area contributed by atoms with E-state index in [1.165, 1.54) is 16.0 Å². The Bertz CT molecular complexity index is 352. The molecule has 18 heavy (non-hydrogen) atoms. The van der Waals surface area contributed by atoms with Gasteiger partial charge in [0.1, 0.15) is 0 Å². The van der Waals surface area contributed by atoms with Crippen LogP contribution in [-0.4, -0.2) is 24.0 Å². The van der Waals surface area contributed by atoms with Crippen molar-refractivity contribution in [1.82, 2.24) is 5.32 Å². The van der Waals surface area contributed by atoms with Gasteiger partial charge in [-0.2, -0.15) is 0 Å². The van der Waals surface area contributed by atoms with Crippen molar-refractivity contribution in [2.75, 3.05) is 18.9 Å². The number of nitrogens with one attached hydrogen (secondary N) is 1. The van der Waals surface area contributed by atoms with E-state index in [4.69, 9.17) is 5.11 Å². The van der Waals surface area contributed by atoms with Crippen molar-refractivity contribution >= 4 is 11.8 Å². The van der Waals surface area contributed by atoms with Gasteiger partial charge in [-0.15, -0.1) is 11.8 Å². The highest BCUT2D eigenvalue weighted by Crippen LogP contribution is 2.23. The zero-order valence-corrected chi connectivity index (χ0v) is 12.5. The molecule has 0 atom stereocenters.